The van der Waals surface area contributed by atoms with Crippen LogP contribution in [-0.4, -0.2) is 34.7 Å². The molecule has 23 heavy (non-hydrogen) atoms. The molecule has 0 radical (unpaired) electrons. The van der Waals surface area contributed by atoms with Gasteiger partial charge in [0.2, 0.25) is 0 Å². The summed E-state index contributed by atoms with van der Waals surface area (Å²) in [5, 5.41) is 3.67. The van der Waals surface area contributed by atoms with Crippen LogP contribution in [0.2, 0.25) is 0 Å². The maximum absolute atomic E-state index is 12.4. The Morgan fingerprint density at radius 1 is 1.17 bits per heavy atom. The lowest BCUT2D eigenvalue weighted by Crippen LogP contribution is -2.52. The molecule has 2 atom stereocenters. The molecule has 0 spiro atoms. The second-order valence-electron chi connectivity index (χ2n) is 7.81. The van der Waals surface area contributed by atoms with Crippen molar-refractivity contribution in [2.24, 2.45) is 0 Å². The van der Waals surface area contributed by atoms with Crippen LogP contribution in [-0.2, 0) is 11.3 Å². The fraction of sp³-hybridized carbons (Fsp3) is 0.632. The van der Waals surface area contributed by atoms with Crippen LogP contribution in [0.4, 0.5) is 4.79 Å². The van der Waals surface area contributed by atoms with E-state index in [1.165, 1.54) is 5.56 Å². The molecule has 2 fully saturated rings. The fourth-order valence-electron chi connectivity index (χ4n) is 3.81. The average molecular weight is 316 g/mol. The molecule has 1 aromatic rings. The molecule has 2 aliphatic rings. The van der Waals surface area contributed by atoms with E-state index in [1.807, 2.05) is 31.7 Å². The largest absolute Gasteiger partial charge is 0.444 e. The van der Waals surface area contributed by atoms with Crippen LogP contribution in [0.15, 0.2) is 30.3 Å². The Morgan fingerprint density at radius 3 is 2.35 bits per heavy atom. The fourth-order valence-corrected chi connectivity index (χ4v) is 3.81. The van der Waals surface area contributed by atoms with Gasteiger partial charge in [-0.25, -0.2) is 4.79 Å². The van der Waals surface area contributed by atoms with E-state index in [9.17, 15) is 4.79 Å². The molecule has 126 valence electrons. The van der Waals surface area contributed by atoms with Gasteiger partial charge in [-0.2, -0.15) is 0 Å². The van der Waals surface area contributed by atoms with Crippen LogP contribution in [0, 0.1) is 0 Å². The van der Waals surface area contributed by atoms with Gasteiger partial charge in [-0.15, -0.1) is 0 Å². The number of fused-ring (bicyclic) bond motifs is 2. The van der Waals surface area contributed by atoms with E-state index in [-0.39, 0.29) is 6.09 Å². The molecular weight excluding hydrogens is 288 g/mol. The van der Waals surface area contributed by atoms with E-state index in [2.05, 4.69) is 29.6 Å². The molecule has 0 saturated carbocycles. The zero-order valence-corrected chi connectivity index (χ0v) is 14.4. The summed E-state index contributed by atoms with van der Waals surface area (Å²) in [6, 6.07) is 11.6. The Morgan fingerprint density at radius 2 is 1.78 bits per heavy atom. The van der Waals surface area contributed by atoms with Gasteiger partial charge in [-0.05, 0) is 52.0 Å². The van der Waals surface area contributed by atoms with Crippen LogP contribution in [0.5, 0.6) is 0 Å². The van der Waals surface area contributed by atoms with E-state index in [1.54, 1.807) is 0 Å². The van der Waals surface area contributed by atoms with Crippen molar-refractivity contribution in [2.75, 3.05) is 0 Å². The van der Waals surface area contributed by atoms with Crippen LogP contribution in [0.1, 0.15) is 52.0 Å². The van der Waals surface area contributed by atoms with Gasteiger partial charge in [-0.1, -0.05) is 30.3 Å². The third kappa shape index (κ3) is 4.05. The minimum absolute atomic E-state index is 0.133. The summed E-state index contributed by atoms with van der Waals surface area (Å²) in [5.41, 5.74) is 0.897. The Bertz CT molecular complexity index is 524. The van der Waals surface area contributed by atoms with Gasteiger partial charge < -0.3 is 15.0 Å². The average Bonchev–Trinajstić information content (AvgIpc) is 2.76. The van der Waals surface area contributed by atoms with Gasteiger partial charge in [0.1, 0.15) is 5.60 Å². The third-order valence-electron chi connectivity index (χ3n) is 4.78. The molecule has 1 amide bonds. The van der Waals surface area contributed by atoms with Crippen molar-refractivity contribution < 1.29 is 9.53 Å². The second-order valence-corrected chi connectivity index (χ2v) is 7.81. The van der Waals surface area contributed by atoms with Gasteiger partial charge >= 0.3 is 6.09 Å². The van der Waals surface area contributed by atoms with Crippen LogP contribution in [0.3, 0.4) is 0 Å². The highest BCUT2D eigenvalue weighted by Crippen LogP contribution is 2.36. The number of benzene rings is 1. The smallest absolute Gasteiger partial charge is 0.410 e. The third-order valence-corrected chi connectivity index (χ3v) is 4.78. The molecule has 1 aromatic carbocycles. The molecule has 4 heteroatoms. The molecule has 2 saturated heterocycles. The van der Waals surface area contributed by atoms with Crippen molar-refractivity contribution in [1.29, 1.82) is 0 Å². The second kappa shape index (κ2) is 6.52. The highest BCUT2D eigenvalue weighted by molar-refractivity contribution is 5.69. The van der Waals surface area contributed by atoms with Crippen LogP contribution < -0.4 is 5.32 Å². The summed E-state index contributed by atoms with van der Waals surface area (Å²) < 4.78 is 5.59. The summed E-state index contributed by atoms with van der Waals surface area (Å²) in [7, 11) is 0. The number of nitrogens with zero attached hydrogens (tertiary/aromatic N) is 1. The summed E-state index contributed by atoms with van der Waals surface area (Å²) >= 11 is 0. The molecule has 3 rings (SSSR count). The lowest BCUT2D eigenvalue weighted by molar-refractivity contribution is 0.00466. The molecular formula is C19H28N2O2. The van der Waals surface area contributed by atoms with Crippen LogP contribution >= 0.6 is 0 Å². The quantitative estimate of drug-likeness (QED) is 0.924. The minimum atomic E-state index is -0.418. The van der Waals surface area contributed by atoms with E-state index >= 15 is 0 Å². The number of rotatable bonds is 3. The van der Waals surface area contributed by atoms with Gasteiger partial charge in [0.25, 0.3) is 0 Å². The predicted molar refractivity (Wildman–Crippen MR) is 91.2 cm³/mol. The predicted octanol–water partition coefficient (Wildman–Crippen LogP) is 3.71. The molecule has 2 heterocycles. The zero-order chi connectivity index (χ0) is 16.4. The summed E-state index contributed by atoms with van der Waals surface area (Å²) in [6.45, 7) is 6.69. The van der Waals surface area contributed by atoms with Crippen molar-refractivity contribution in [2.45, 2.75) is 76.7 Å². The first-order valence-corrected chi connectivity index (χ1v) is 8.71. The normalized spacial score (nSPS) is 27.1. The lowest BCUT2D eigenvalue weighted by atomic mass is 9.97. The molecule has 2 aliphatic heterocycles. The minimum Gasteiger partial charge on any atom is -0.444 e. The van der Waals surface area contributed by atoms with Crippen molar-refractivity contribution in [3.63, 3.8) is 0 Å². The van der Waals surface area contributed by atoms with Crippen molar-refractivity contribution in [1.82, 2.24) is 10.2 Å². The first kappa shape index (κ1) is 16.3. The number of amides is 1. The van der Waals surface area contributed by atoms with E-state index < -0.39 is 5.60 Å². The molecule has 0 unspecified atom stereocenters. The van der Waals surface area contributed by atoms with Gasteiger partial charge in [0.05, 0.1) is 0 Å². The highest BCUT2D eigenvalue weighted by Gasteiger charge is 2.44. The number of ether oxygens (including phenoxy) is 1. The van der Waals surface area contributed by atoms with Gasteiger partial charge in [-0.3, -0.25) is 0 Å². The molecule has 2 bridgehead atoms. The number of carbonyl (C=O) groups is 1. The van der Waals surface area contributed by atoms with Crippen LogP contribution in [0.25, 0.3) is 0 Å². The summed E-state index contributed by atoms with van der Waals surface area (Å²) in [5.74, 6) is 0. The molecule has 0 aromatic heterocycles. The first-order valence-electron chi connectivity index (χ1n) is 8.71. The first-order chi connectivity index (χ1) is 10.9. The van der Waals surface area contributed by atoms with E-state index in [4.69, 9.17) is 4.74 Å². The molecule has 1 N–H and O–H groups in total. The number of nitrogens with one attached hydrogen (secondary N) is 1. The Hall–Kier alpha value is -1.55. The Balaban J connectivity index is 1.55. The van der Waals surface area contributed by atoms with Crippen molar-refractivity contribution >= 4 is 6.09 Å². The Labute approximate surface area is 139 Å². The van der Waals surface area contributed by atoms with E-state index in [0.717, 1.165) is 32.2 Å². The monoisotopic (exact) mass is 316 g/mol. The van der Waals surface area contributed by atoms with E-state index in [0.29, 0.717) is 18.1 Å². The van der Waals surface area contributed by atoms with Crippen molar-refractivity contribution in [3.05, 3.63) is 35.9 Å². The maximum atomic E-state index is 12.4. The topological polar surface area (TPSA) is 41.6 Å². The highest BCUT2D eigenvalue weighted by atomic mass is 16.6. The SMILES string of the molecule is CC(C)(C)OC(=O)N1[C@H]2CC[C@H]1CC(NCc1ccccc1)C2. The molecule has 4 nitrogen and oxygen atoms in total. The number of carbonyl (C=O) groups excluding carboxylic acids is 1. The van der Waals surface area contributed by atoms with Gasteiger partial charge in [0, 0.05) is 24.7 Å². The standard InChI is InChI=1S/C19H28N2O2/c1-19(2,3)23-18(22)21-16-9-10-17(21)12-15(11-16)20-13-14-7-5-4-6-8-14/h4-8,15-17,20H,9-13H2,1-3H3/t16-,17-/m0/s1. The Kier molecular flexibility index (Phi) is 4.62. The zero-order valence-electron chi connectivity index (χ0n) is 14.4. The number of hydrogen-bond acceptors (Lipinski definition) is 3. The van der Waals surface area contributed by atoms with Gasteiger partial charge in [0.15, 0.2) is 0 Å². The molecule has 0 aliphatic carbocycles. The number of piperidine rings is 1. The summed E-state index contributed by atoms with van der Waals surface area (Å²) in [6.07, 6.45) is 4.14. The maximum Gasteiger partial charge on any atom is 0.410 e. The summed E-state index contributed by atoms with van der Waals surface area (Å²) in [4.78, 5) is 14.4. The number of hydrogen-bond donors (Lipinski definition) is 1. The lowest BCUT2D eigenvalue weighted by Gasteiger charge is -2.39. The van der Waals surface area contributed by atoms with Crippen molar-refractivity contribution in [3.8, 4) is 0 Å².